The Kier molecular flexibility index (Phi) is 4.41. The molecule has 2 aliphatic heterocycles. The van der Waals surface area contributed by atoms with Crippen LogP contribution in [0.2, 0.25) is 0 Å². The molecule has 0 bridgehead atoms. The van der Waals surface area contributed by atoms with Crippen molar-refractivity contribution in [1.29, 1.82) is 0 Å². The van der Waals surface area contributed by atoms with Crippen LogP contribution in [0.15, 0.2) is 66.7 Å². The van der Waals surface area contributed by atoms with E-state index in [1.807, 2.05) is 36.4 Å². The van der Waals surface area contributed by atoms with Gasteiger partial charge < -0.3 is 4.74 Å². The number of esters is 1. The predicted octanol–water partition coefficient (Wildman–Crippen LogP) is 3.70. The maximum absolute atomic E-state index is 12.4. The number of hydrogen-bond donors (Lipinski definition) is 0. The first kappa shape index (κ1) is 18.3. The van der Waals surface area contributed by atoms with Crippen LogP contribution in [0.1, 0.15) is 34.1 Å². The Morgan fingerprint density at radius 2 is 1.72 bits per heavy atom. The summed E-state index contributed by atoms with van der Waals surface area (Å²) in [5.41, 5.74) is 2.45. The zero-order valence-electron chi connectivity index (χ0n) is 15.8. The second-order valence-corrected chi connectivity index (χ2v) is 9.94. The molecule has 3 aromatic carbocycles. The summed E-state index contributed by atoms with van der Waals surface area (Å²) >= 11 is 0. The van der Waals surface area contributed by atoms with Crippen molar-refractivity contribution in [3.63, 3.8) is 0 Å². The van der Waals surface area contributed by atoms with Gasteiger partial charge in [0, 0.05) is 18.2 Å². The molecule has 1 saturated heterocycles. The summed E-state index contributed by atoms with van der Waals surface area (Å²) < 4.78 is 30.2. The largest absolute Gasteiger partial charge is 0.438 e. The van der Waals surface area contributed by atoms with Gasteiger partial charge in [-0.1, -0.05) is 60.7 Å². The molecule has 148 valence electrons. The van der Waals surface area contributed by atoms with Gasteiger partial charge in [0.2, 0.25) is 0 Å². The highest BCUT2D eigenvalue weighted by atomic mass is 32.2. The van der Waals surface area contributed by atoms with Crippen LogP contribution in [-0.2, 0) is 21.1 Å². The molecule has 0 aromatic heterocycles. The predicted molar refractivity (Wildman–Crippen MR) is 111 cm³/mol. The van der Waals surface area contributed by atoms with Gasteiger partial charge in [-0.2, -0.15) is 0 Å². The number of carbonyl (C=O) groups excluding carboxylic acids is 1. The summed E-state index contributed by atoms with van der Waals surface area (Å²) in [5.74, 6) is -0.0885. The molecular weight excluding hydrogens is 386 g/mol. The van der Waals surface area contributed by atoms with Gasteiger partial charge in [-0.15, -0.1) is 0 Å². The fourth-order valence-corrected chi connectivity index (χ4v) is 6.18. The molecule has 2 atom stereocenters. The average molecular weight is 407 g/mol. The Bertz CT molecular complexity index is 1200. The van der Waals surface area contributed by atoms with Gasteiger partial charge >= 0.3 is 5.97 Å². The lowest BCUT2D eigenvalue weighted by molar-refractivity contribution is -0.0422. The molecule has 29 heavy (non-hydrogen) atoms. The lowest BCUT2D eigenvalue weighted by Crippen LogP contribution is -2.39. The average Bonchev–Trinajstić information content (AvgIpc) is 3.26. The molecule has 0 amide bonds. The van der Waals surface area contributed by atoms with Crippen LogP contribution in [0.5, 0.6) is 0 Å². The van der Waals surface area contributed by atoms with Crippen molar-refractivity contribution in [2.45, 2.75) is 25.2 Å². The van der Waals surface area contributed by atoms with Crippen LogP contribution in [0.3, 0.4) is 0 Å². The molecule has 5 rings (SSSR count). The normalized spacial score (nSPS) is 22.7. The Morgan fingerprint density at radius 3 is 2.55 bits per heavy atom. The number of sulfone groups is 1. The second kappa shape index (κ2) is 6.97. The van der Waals surface area contributed by atoms with Gasteiger partial charge in [0.1, 0.15) is 0 Å². The summed E-state index contributed by atoms with van der Waals surface area (Å²) in [6.45, 7) is 0.508. The fourth-order valence-electron chi connectivity index (χ4n) is 4.44. The summed E-state index contributed by atoms with van der Waals surface area (Å²) in [6.07, 6.45) is -0.0282. The molecule has 0 radical (unpaired) electrons. The summed E-state index contributed by atoms with van der Waals surface area (Å²) in [7, 11) is -3.08. The fraction of sp³-hybridized carbons (Fsp3) is 0.261. The topological polar surface area (TPSA) is 63.7 Å². The molecule has 2 aliphatic rings. The van der Waals surface area contributed by atoms with Gasteiger partial charge in [-0.3, -0.25) is 4.90 Å². The zero-order valence-corrected chi connectivity index (χ0v) is 16.6. The third-order valence-corrected chi connectivity index (χ3v) is 7.63. The molecule has 1 fully saturated rings. The number of nitrogens with zero attached hydrogens (tertiary/aromatic N) is 1. The molecule has 3 aromatic rings. The molecule has 2 heterocycles. The minimum Gasteiger partial charge on any atom is -0.438 e. The molecule has 2 unspecified atom stereocenters. The number of carbonyl (C=O) groups is 1. The minimum atomic E-state index is -3.08. The van der Waals surface area contributed by atoms with E-state index in [0.29, 0.717) is 18.5 Å². The first-order valence-electron chi connectivity index (χ1n) is 9.74. The van der Waals surface area contributed by atoms with Crippen molar-refractivity contribution >= 4 is 26.6 Å². The van der Waals surface area contributed by atoms with E-state index in [9.17, 15) is 13.2 Å². The molecule has 0 spiro atoms. The summed E-state index contributed by atoms with van der Waals surface area (Å²) in [5, 5.41) is 2.26. The van der Waals surface area contributed by atoms with Gasteiger partial charge in [-0.05, 0) is 28.8 Å². The van der Waals surface area contributed by atoms with E-state index in [1.54, 1.807) is 6.07 Å². The molecular formula is C23H21NO4S. The van der Waals surface area contributed by atoms with Crippen LogP contribution < -0.4 is 0 Å². The summed E-state index contributed by atoms with van der Waals surface area (Å²) in [4.78, 5) is 14.5. The van der Waals surface area contributed by atoms with Crippen molar-refractivity contribution in [2.75, 3.05) is 11.5 Å². The SMILES string of the molecule is O=C1OC(N(Cc2cccc3ccccc23)C2CCS(=O)(=O)C2)c2ccccc21. The number of ether oxygens (including phenoxy) is 1. The molecule has 5 nitrogen and oxygen atoms in total. The van der Waals surface area contributed by atoms with E-state index >= 15 is 0 Å². The maximum atomic E-state index is 12.4. The van der Waals surface area contributed by atoms with Crippen LogP contribution in [0.25, 0.3) is 10.8 Å². The van der Waals surface area contributed by atoms with Crippen molar-refractivity contribution < 1.29 is 17.9 Å². The number of cyclic esters (lactones) is 1. The van der Waals surface area contributed by atoms with Crippen molar-refractivity contribution in [2.24, 2.45) is 0 Å². The lowest BCUT2D eigenvalue weighted by Gasteiger charge is -2.33. The van der Waals surface area contributed by atoms with Crippen molar-refractivity contribution in [3.8, 4) is 0 Å². The Morgan fingerprint density at radius 1 is 0.966 bits per heavy atom. The maximum Gasteiger partial charge on any atom is 0.340 e. The van der Waals surface area contributed by atoms with Gasteiger partial charge in [0.05, 0.1) is 17.1 Å². The highest BCUT2D eigenvalue weighted by Crippen LogP contribution is 2.38. The van der Waals surface area contributed by atoms with Crippen molar-refractivity contribution in [1.82, 2.24) is 4.90 Å². The highest BCUT2D eigenvalue weighted by Gasteiger charge is 2.42. The number of fused-ring (bicyclic) bond motifs is 2. The first-order valence-corrected chi connectivity index (χ1v) is 11.6. The van der Waals surface area contributed by atoms with Gasteiger partial charge in [-0.25, -0.2) is 13.2 Å². The number of rotatable bonds is 4. The van der Waals surface area contributed by atoms with Crippen LogP contribution in [0, 0.1) is 0 Å². The summed E-state index contributed by atoms with van der Waals surface area (Å²) in [6, 6.07) is 21.4. The zero-order chi connectivity index (χ0) is 20.0. The van der Waals surface area contributed by atoms with E-state index < -0.39 is 16.1 Å². The quantitative estimate of drug-likeness (QED) is 0.617. The molecule has 6 heteroatoms. The minimum absolute atomic E-state index is 0.0913. The van der Waals surface area contributed by atoms with Gasteiger partial charge in [0.15, 0.2) is 16.1 Å². The monoisotopic (exact) mass is 407 g/mol. The highest BCUT2D eigenvalue weighted by molar-refractivity contribution is 7.91. The van der Waals surface area contributed by atoms with Crippen LogP contribution in [-0.4, -0.2) is 36.8 Å². The molecule has 0 aliphatic carbocycles. The Labute approximate surface area is 169 Å². The smallest absolute Gasteiger partial charge is 0.340 e. The first-order chi connectivity index (χ1) is 14.0. The number of benzene rings is 3. The van der Waals surface area contributed by atoms with E-state index in [-0.39, 0.29) is 23.5 Å². The second-order valence-electron chi connectivity index (χ2n) is 7.71. The Hall–Kier alpha value is -2.70. The Balaban J connectivity index is 1.57. The van der Waals surface area contributed by atoms with Crippen molar-refractivity contribution in [3.05, 3.63) is 83.4 Å². The van der Waals surface area contributed by atoms with E-state index in [0.717, 1.165) is 21.9 Å². The van der Waals surface area contributed by atoms with E-state index in [1.165, 1.54) is 0 Å². The number of hydrogen-bond acceptors (Lipinski definition) is 5. The third kappa shape index (κ3) is 3.32. The molecule has 0 N–H and O–H groups in total. The third-order valence-electron chi connectivity index (χ3n) is 5.88. The molecule has 0 saturated carbocycles. The lowest BCUT2D eigenvalue weighted by atomic mass is 10.0. The van der Waals surface area contributed by atoms with Gasteiger partial charge in [0.25, 0.3) is 0 Å². The standard InChI is InChI=1S/C23H21NO4S/c25-23-21-11-4-3-10-20(21)22(28-23)24(18-12-13-29(26,27)15-18)14-17-8-5-7-16-6-1-2-9-19(16)17/h1-11,18,22H,12-15H2. The van der Waals surface area contributed by atoms with Crippen LogP contribution in [0.4, 0.5) is 0 Å². The van der Waals surface area contributed by atoms with Crippen LogP contribution >= 0.6 is 0 Å². The van der Waals surface area contributed by atoms with E-state index in [4.69, 9.17) is 4.74 Å². The van der Waals surface area contributed by atoms with E-state index in [2.05, 4.69) is 29.2 Å².